The van der Waals surface area contributed by atoms with E-state index in [1.807, 2.05) is 13.0 Å². The van der Waals surface area contributed by atoms with Gasteiger partial charge in [0.2, 0.25) is 0 Å². The first-order chi connectivity index (χ1) is 9.75. The molecule has 20 heavy (non-hydrogen) atoms. The third-order valence-corrected chi connectivity index (χ3v) is 4.79. The normalized spacial score (nSPS) is 26.6. The van der Waals surface area contributed by atoms with Gasteiger partial charge in [-0.15, -0.1) is 0 Å². The van der Waals surface area contributed by atoms with Crippen molar-refractivity contribution < 1.29 is 4.79 Å². The topological polar surface area (TPSA) is 30.0 Å². The molecule has 2 aliphatic rings. The van der Waals surface area contributed by atoms with Crippen molar-refractivity contribution in [2.45, 2.75) is 25.7 Å². The van der Waals surface area contributed by atoms with Gasteiger partial charge in [-0.1, -0.05) is 24.3 Å². The maximum absolute atomic E-state index is 12.7. The second-order valence-corrected chi connectivity index (χ2v) is 6.07. The summed E-state index contributed by atoms with van der Waals surface area (Å²) in [6, 6.07) is 10.6. The van der Waals surface area contributed by atoms with Gasteiger partial charge in [-0.2, -0.15) is 0 Å². The summed E-state index contributed by atoms with van der Waals surface area (Å²) in [5, 5.41) is 0. The molecule has 2 nitrogen and oxygen atoms in total. The molecule has 0 aliphatic heterocycles. The molecule has 3 unspecified atom stereocenters. The third-order valence-electron chi connectivity index (χ3n) is 4.79. The van der Waals surface area contributed by atoms with Crippen molar-refractivity contribution in [3.63, 3.8) is 0 Å². The van der Waals surface area contributed by atoms with Crippen molar-refractivity contribution in [3.05, 3.63) is 65.0 Å². The monoisotopic (exact) mass is 263 g/mol. The first kappa shape index (κ1) is 11.8. The number of nitrogens with zero attached hydrogens (tertiary/aromatic N) is 1. The van der Waals surface area contributed by atoms with Crippen LogP contribution in [0.1, 0.15) is 39.4 Å². The summed E-state index contributed by atoms with van der Waals surface area (Å²) in [7, 11) is 0. The minimum absolute atomic E-state index is 0.183. The highest BCUT2D eigenvalue weighted by atomic mass is 16.1. The summed E-state index contributed by atoms with van der Waals surface area (Å²) in [5.74, 6) is 1.47. The Morgan fingerprint density at radius 2 is 2.10 bits per heavy atom. The zero-order chi connectivity index (χ0) is 13.7. The number of aryl methyl sites for hydroxylation is 2. The predicted molar refractivity (Wildman–Crippen MR) is 77.8 cm³/mol. The van der Waals surface area contributed by atoms with Gasteiger partial charge in [0.25, 0.3) is 0 Å². The Labute approximate surface area is 118 Å². The number of fused-ring (bicyclic) bond motifs is 3. The smallest absolute Gasteiger partial charge is 0.168 e. The minimum atomic E-state index is 0.183. The molecule has 0 N–H and O–H groups in total. The number of benzene rings is 1. The van der Waals surface area contributed by atoms with Crippen LogP contribution < -0.4 is 0 Å². The van der Waals surface area contributed by atoms with Crippen molar-refractivity contribution in [3.8, 4) is 0 Å². The highest BCUT2D eigenvalue weighted by molar-refractivity contribution is 6.00. The van der Waals surface area contributed by atoms with E-state index in [0.717, 1.165) is 24.0 Å². The van der Waals surface area contributed by atoms with Crippen LogP contribution >= 0.6 is 0 Å². The van der Waals surface area contributed by atoms with E-state index < -0.39 is 0 Å². The molecule has 1 aromatic heterocycles. The van der Waals surface area contributed by atoms with Gasteiger partial charge < -0.3 is 0 Å². The number of hydrogen-bond donors (Lipinski definition) is 0. The van der Waals surface area contributed by atoms with Crippen molar-refractivity contribution >= 4 is 5.78 Å². The molecular weight excluding hydrogens is 246 g/mol. The Bertz CT molecular complexity index is 691. The van der Waals surface area contributed by atoms with Crippen LogP contribution in [0.4, 0.5) is 0 Å². The number of hydrogen-bond acceptors (Lipinski definition) is 2. The van der Waals surface area contributed by atoms with Crippen molar-refractivity contribution in [1.29, 1.82) is 0 Å². The fraction of sp³-hybridized carbons (Fsp3) is 0.333. The Morgan fingerprint density at radius 3 is 2.95 bits per heavy atom. The zero-order valence-corrected chi connectivity index (χ0v) is 11.5. The summed E-state index contributed by atoms with van der Waals surface area (Å²) in [5.41, 5.74) is 4.68. The quantitative estimate of drug-likeness (QED) is 0.776. The van der Waals surface area contributed by atoms with Crippen LogP contribution in [0.5, 0.6) is 0 Å². The third kappa shape index (κ3) is 1.71. The van der Waals surface area contributed by atoms with E-state index in [9.17, 15) is 4.79 Å². The lowest BCUT2D eigenvalue weighted by molar-refractivity contribution is 0.0958. The van der Waals surface area contributed by atoms with Crippen LogP contribution in [0.3, 0.4) is 0 Å². The Morgan fingerprint density at radius 1 is 1.25 bits per heavy atom. The SMILES string of the molecule is Cc1cncc(C(=O)C2C3CCc4ccccc4C32)c1. The molecule has 2 aromatic rings. The number of Topliss-reactive ketones (excluding diaryl/α,β-unsaturated/α-hetero) is 1. The number of carbonyl (C=O) groups excluding carboxylic acids is 1. The second kappa shape index (κ2) is 4.27. The van der Waals surface area contributed by atoms with E-state index in [1.165, 1.54) is 11.1 Å². The highest BCUT2D eigenvalue weighted by Crippen LogP contribution is 2.60. The molecule has 0 radical (unpaired) electrons. The summed E-state index contributed by atoms with van der Waals surface area (Å²) in [6.07, 6.45) is 5.78. The van der Waals surface area contributed by atoms with E-state index in [-0.39, 0.29) is 11.7 Å². The average Bonchev–Trinajstić information content (AvgIpc) is 3.21. The Balaban J connectivity index is 1.65. The van der Waals surface area contributed by atoms with Crippen LogP contribution in [0, 0.1) is 18.8 Å². The maximum Gasteiger partial charge on any atom is 0.168 e. The molecular formula is C18H17NO. The first-order valence-electron chi connectivity index (χ1n) is 7.29. The standard InChI is InChI=1S/C18H17NO/c1-11-8-13(10-19-9-11)18(20)17-15-7-6-12-4-2-3-5-14(12)16(15)17/h2-5,8-10,15-17H,6-7H2,1H3. The molecule has 2 aliphatic carbocycles. The van der Waals surface area contributed by atoms with Gasteiger partial charge in [0, 0.05) is 23.9 Å². The number of carbonyl (C=O) groups is 1. The fourth-order valence-electron chi connectivity index (χ4n) is 3.81. The van der Waals surface area contributed by atoms with E-state index in [2.05, 4.69) is 29.2 Å². The van der Waals surface area contributed by atoms with Gasteiger partial charge in [0.05, 0.1) is 0 Å². The number of rotatable bonds is 2. The van der Waals surface area contributed by atoms with Crippen LogP contribution in [0.2, 0.25) is 0 Å². The zero-order valence-electron chi connectivity index (χ0n) is 11.5. The van der Waals surface area contributed by atoms with Crippen LogP contribution in [-0.2, 0) is 6.42 Å². The molecule has 100 valence electrons. The molecule has 0 bridgehead atoms. The number of aromatic nitrogens is 1. The van der Waals surface area contributed by atoms with Crippen molar-refractivity contribution in [2.75, 3.05) is 0 Å². The largest absolute Gasteiger partial charge is 0.294 e. The van der Waals surface area contributed by atoms with E-state index in [0.29, 0.717) is 11.8 Å². The van der Waals surface area contributed by atoms with Crippen molar-refractivity contribution in [2.24, 2.45) is 11.8 Å². The van der Waals surface area contributed by atoms with Gasteiger partial charge in [-0.05, 0) is 54.4 Å². The molecule has 4 rings (SSSR count). The summed E-state index contributed by atoms with van der Waals surface area (Å²) >= 11 is 0. The highest BCUT2D eigenvalue weighted by Gasteiger charge is 2.56. The molecule has 1 fully saturated rings. The van der Waals surface area contributed by atoms with E-state index in [4.69, 9.17) is 0 Å². The van der Waals surface area contributed by atoms with E-state index >= 15 is 0 Å². The minimum Gasteiger partial charge on any atom is -0.294 e. The fourth-order valence-corrected chi connectivity index (χ4v) is 3.81. The lowest BCUT2D eigenvalue weighted by Crippen LogP contribution is -2.05. The summed E-state index contributed by atoms with van der Waals surface area (Å²) < 4.78 is 0. The van der Waals surface area contributed by atoms with Crippen LogP contribution in [-0.4, -0.2) is 10.8 Å². The van der Waals surface area contributed by atoms with Gasteiger partial charge >= 0.3 is 0 Å². The van der Waals surface area contributed by atoms with Gasteiger partial charge in [-0.25, -0.2) is 0 Å². The molecule has 0 amide bonds. The molecule has 0 saturated heterocycles. The molecule has 1 aromatic carbocycles. The molecule has 1 heterocycles. The number of pyridine rings is 1. The van der Waals surface area contributed by atoms with E-state index in [1.54, 1.807) is 12.4 Å². The molecule has 1 saturated carbocycles. The van der Waals surface area contributed by atoms with Gasteiger partial charge in [-0.3, -0.25) is 9.78 Å². The first-order valence-corrected chi connectivity index (χ1v) is 7.29. The maximum atomic E-state index is 12.7. The summed E-state index contributed by atoms with van der Waals surface area (Å²) in [6.45, 7) is 1.99. The van der Waals surface area contributed by atoms with Crippen molar-refractivity contribution in [1.82, 2.24) is 4.98 Å². The van der Waals surface area contributed by atoms with Crippen LogP contribution in [0.25, 0.3) is 0 Å². The van der Waals surface area contributed by atoms with Gasteiger partial charge in [0.1, 0.15) is 0 Å². The molecule has 2 heteroatoms. The average molecular weight is 263 g/mol. The number of ketones is 1. The molecule has 3 atom stereocenters. The van der Waals surface area contributed by atoms with Gasteiger partial charge in [0.15, 0.2) is 5.78 Å². The Hall–Kier alpha value is -1.96. The molecule has 0 spiro atoms. The second-order valence-electron chi connectivity index (χ2n) is 6.07. The Kier molecular flexibility index (Phi) is 2.53. The lowest BCUT2D eigenvalue weighted by atomic mass is 9.92. The summed E-state index contributed by atoms with van der Waals surface area (Å²) in [4.78, 5) is 16.9. The predicted octanol–water partition coefficient (Wildman–Crippen LogP) is 3.55. The van der Waals surface area contributed by atoms with Crippen LogP contribution in [0.15, 0.2) is 42.7 Å². The lowest BCUT2D eigenvalue weighted by Gasteiger charge is -2.13.